The predicted octanol–water partition coefficient (Wildman–Crippen LogP) is 14.1. The molecule has 276 valence electrons. The Morgan fingerprint density at radius 2 is 1.31 bits per heavy atom. The number of allylic oxidation sites excluding steroid dienone is 2. The molecule has 2 heteroatoms. The minimum absolute atomic E-state index is 0.0311. The SMILES string of the molecule is CCCCCCCCCCCCCCCC(=O)O[C@H]1CC[C@@]2(C)C(CC[C@]3(C)[C@@H]2CC=C2[C@H]4[C@@H](C)[C@H](C)CC[C@]4(C)CC[C@]23C)C1(C)C. The highest BCUT2D eigenvalue weighted by molar-refractivity contribution is 5.69. The molecule has 0 saturated heterocycles. The lowest BCUT2D eigenvalue weighted by Crippen LogP contribution is -2.65. The average molecular weight is 665 g/mol. The molecule has 10 atom stereocenters. The van der Waals surface area contributed by atoms with E-state index in [9.17, 15) is 4.79 Å². The normalized spacial score (nSPS) is 41.7. The lowest BCUT2D eigenvalue weighted by atomic mass is 9.33. The van der Waals surface area contributed by atoms with Crippen LogP contribution in [0.1, 0.15) is 210 Å². The second-order valence-electron chi connectivity index (χ2n) is 20.1. The fourth-order valence-electron chi connectivity index (χ4n) is 13.5. The van der Waals surface area contributed by atoms with Gasteiger partial charge in [0, 0.05) is 11.8 Å². The van der Waals surface area contributed by atoms with Gasteiger partial charge < -0.3 is 4.74 Å². The molecular weight excluding hydrogens is 585 g/mol. The molecule has 0 radical (unpaired) electrons. The summed E-state index contributed by atoms with van der Waals surface area (Å²) < 4.78 is 6.42. The Bertz CT molecular complexity index is 1100. The summed E-state index contributed by atoms with van der Waals surface area (Å²) in [6.45, 7) is 23.1. The van der Waals surface area contributed by atoms with E-state index in [1.165, 1.54) is 128 Å². The fraction of sp³-hybridized carbons (Fsp3) is 0.935. The quantitative estimate of drug-likeness (QED) is 0.0989. The number of hydrogen-bond donors (Lipinski definition) is 0. The van der Waals surface area contributed by atoms with Crippen LogP contribution in [-0.2, 0) is 9.53 Å². The Kier molecular flexibility index (Phi) is 12.4. The Balaban J connectivity index is 1.12. The molecule has 0 spiro atoms. The van der Waals surface area contributed by atoms with E-state index < -0.39 is 0 Å². The molecule has 0 aromatic heterocycles. The minimum atomic E-state index is 0.0311. The fourth-order valence-corrected chi connectivity index (χ4v) is 13.5. The van der Waals surface area contributed by atoms with Crippen LogP contribution < -0.4 is 0 Å². The molecule has 0 aromatic carbocycles. The van der Waals surface area contributed by atoms with Crippen LogP contribution in [0, 0.1) is 56.7 Å². The molecule has 0 amide bonds. The summed E-state index contributed by atoms with van der Waals surface area (Å²) in [5, 5.41) is 0. The summed E-state index contributed by atoms with van der Waals surface area (Å²) in [4.78, 5) is 13.2. The Labute approximate surface area is 299 Å². The zero-order valence-corrected chi connectivity index (χ0v) is 33.6. The summed E-state index contributed by atoms with van der Waals surface area (Å²) in [7, 11) is 0. The average Bonchev–Trinajstić information content (AvgIpc) is 3.03. The van der Waals surface area contributed by atoms with Crippen molar-refractivity contribution in [3.05, 3.63) is 11.6 Å². The van der Waals surface area contributed by atoms with Crippen LogP contribution in [0.2, 0.25) is 0 Å². The van der Waals surface area contributed by atoms with Gasteiger partial charge in [0.05, 0.1) is 0 Å². The highest BCUT2D eigenvalue weighted by atomic mass is 16.5. The molecule has 4 fully saturated rings. The predicted molar refractivity (Wildman–Crippen MR) is 205 cm³/mol. The monoisotopic (exact) mass is 665 g/mol. The van der Waals surface area contributed by atoms with E-state index in [-0.39, 0.29) is 17.5 Å². The molecule has 2 nitrogen and oxygen atoms in total. The van der Waals surface area contributed by atoms with E-state index >= 15 is 0 Å². The van der Waals surface area contributed by atoms with Crippen LogP contribution in [-0.4, -0.2) is 12.1 Å². The molecule has 5 aliphatic rings. The van der Waals surface area contributed by atoms with Gasteiger partial charge in [0.2, 0.25) is 0 Å². The van der Waals surface area contributed by atoms with Crippen molar-refractivity contribution in [1.29, 1.82) is 0 Å². The number of ether oxygens (including phenoxy) is 1. The lowest BCUT2D eigenvalue weighted by molar-refractivity contribution is -0.213. The van der Waals surface area contributed by atoms with E-state index in [1.54, 1.807) is 0 Å². The number of rotatable bonds is 15. The summed E-state index contributed by atoms with van der Waals surface area (Å²) in [5.74, 6) is 3.81. The van der Waals surface area contributed by atoms with Crippen LogP contribution in [0.25, 0.3) is 0 Å². The van der Waals surface area contributed by atoms with Gasteiger partial charge in [-0.25, -0.2) is 0 Å². The first kappa shape index (κ1) is 38.4. The molecule has 4 saturated carbocycles. The van der Waals surface area contributed by atoms with Gasteiger partial charge >= 0.3 is 5.97 Å². The standard InChI is InChI=1S/C46H80O2/c1-10-11-12-13-14-15-16-17-18-19-20-21-22-23-40(47)48-39-28-30-44(7)37(42(39,4)5)27-31-46(9)38(44)25-24-36-41-35(3)34(2)26-29-43(41,6)32-33-45(36,46)8/h24,34-35,37-39,41H,10-23,25-33H2,1-9H3/t34-,35+,37?,38-,39+,41-,43-,44+,45-,46-/m1/s1. The third-order valence-electron chi connectivity index (χ3n) is 17.1. The zero-order valence-electron chi connectivity index (χ0n) is 33.6. The van der Waals surface area contributed by atoms with Crippen molar-refractivity contribution >= 4 is 5.97 Å². The van der Waals surface area contributed by atoms with Gasteiger partial charge in [-0.05, 0) is 115 Å². The largest absolute Gasteiger partial charge is 0.462 e. The van der Waals surface area contributed by atoms with Crippen molar-refractivity contribution in [1.82, 2.24) is 0 Å². The van der Waals surface area contributed by atoms with Crippen LogP contribution in [0.4, 0.5) is 0 Å². The van der Waals surface area contributed by atoms with E-state index in [0.29, 0.717) is 34.0 Å². The maximum atomic E-state index is 13.2. The number of esters is 1. The molecule has 48 heavy (non-hydrogen) atoms. The highest BCUT2D eigenvalue weighted by Gasteiger charge is 2.68. The van der Waals surface area contributed by atoms with E-state index in [2.05, 4.69) is 68.4 Å². The summed E-state index contributed by atoms with van der Waals surface area (Å²) in [6.07, 6.45) is 32.7. The van der Waals surface area contributed by atoms with Crippen molar-refractivity contribution in [3.63, 3.8) is 0 Å². The third kappa shape index (κ3) is 7.14. The zero-order chi connectivity index (χ0) is 34.8. The van der Waals surface area contributed by atoms with Crippen molar-refractivity contribution in [2.24, 2.45) is 56.7 Å². The molecule has 0 aliphatic heterocycles. The summed E-state index contributed by atoms with van der Waals surface area (Å²) in [5.41, 5.74) is 3.40. The topological polar surface area (TPSA) is 26.3 Å². The second-order valence-corrected chi connectivity index (χ2v) is 20.1. The van der Waals surface area contributed by atoms with E-state index in [1.807, 2.05) is 5.57 Å². The van der Waals surface area contributed by atoms with Crippen molar-refractivity contribution < 1.29 is 9.53 Å². The van der Waals surface area contributed by atoms with Gasteiger partial charge in [0.1, 0.15) is 6.10 Å². The second kappa shape index (κ2) is 15.4. The molecule has 5 aliphatic carbocycles. The van der Waals surface area contributed by atoms with Crippen molar-refractivity contribution in [3.8, 4) is 0 Å². The van der Waals surface area contributed by atoms with Crippen LogP contribution >= 0.6 is 0 Å². The number of unbranched alkanes of at least 4 members (excludes halogenated alkanes) is 12. The molecule has 5 rings (SSSR count). The summed E-state index contributed by atoms with van der Waals surface area (Å²) in [6, 6.07) is 0. The van der Waals surface area contributed by atoms with Crippen LogP contribution in [0.15, 0.2) is 11.6 Å². The highest BCUT2D eigenvalue weighted by Crippen LogP contribution is 2.75. The molecule has 0 heterocycles. The number of carbonyl (C=O) groups excluding carboxylic acids is 1. The van der Waals surface area contributed by atoms with E-state index in [4.69, 9.17) is 4.74 Å². The minimum Gasteiger partial charge on any atom is -0.462 e. The van der Waals surface area contributed by atoms with Gasteiger partial charge in [-0.15, -0.1) is 0 Å². The number of carbonyl (C=O) groups is 1. The van der Waals surface area contributed by atoms with Gasteiger partial charge in [-0.2, -0.15) is 0 Å². The Morgan fingerprint density at radius 3 is 1.94 bits per heavy atom. The van der Waals surface area contributed by atoms with Crippen LogP contribution in [0.3, 0.4) is 0 Å². The van der Waals surface area contributed by atoms with Gasteiger partial charge in [0.25, 0.3) is 0 Å². The maximum Gasteiger partial charge on any atom is 0.306 e. The Morgan fingerprint density at radius 1 is 0.708 bits per heavy atom. The Hall–Kier alpha value is -0.790. The lowest BCUT2D eigenvalue weighted by Gasteiger charge is -2.71. The van der Waals surface area contributed by atoms with Gasteiger partial charge in [-0.1, -0.05) is 151 Å². The molecular formula is C46H80O2. The number of fused-ring (bicyclic) bond motifs is 7. The van der Waals surface area contributed by atoms with E-state index in [0.717, 1.165) is 36.5 Å². The van der Waals surface area contributed by atoms with Crippen molar-refractivity contribution in [2.75, 3.05) is 0 Å². The molecule has 0 N–H and O–H groups in total. The maximum absolute atomic E-state index is 13.2. The molecule has 0 aromatic rings. The number of hydrogen-bond acceptors (Lipinski definition) is 2. The smallest absolute Gasteiger partial charge is 0.306 e. The van der Waals surface area contributed by atoms with Gasteiger partial charge in [0.15, 0.2) is 0 Å². The van der Waals surface area contributed by atoms with Crippen molar-refractivity contribution in [2.45, 2.75) is 216 Å². The molecule has 0 bridgehead atoms. The first-order valence-electron chi connectivity index (χ1n) is 21.6. The van der Waals surface area contributed by atoms with Crippen LogP contribution in [0.5, 0.6) is 0 Å². The first-order chi connectivity index (χ1) is 22.7. The van der Waals surface area contributed by atoms with Gasteiger partial charge in [-0.3, -0.25) is 4.79 Å². The first-order valence-corrected chi connectivity index (χ1v) is 21.6. The third-order valence-corrected chi connectivity index (χ3v) is 17.1. The summed E-state index contributed by atoms with van der Waals surface area (Å²) >= 11 is 0. The molecule has 1 unspecified atom stereocenters.